The molecule has 2 heteroatoms. The monoisotopic (exact) mass is 116 g/mol. The van der Waals surface area contributed by atoms with Crippen LogP contribution in [0.25, 0.3) is 0 Å². The molecule has 48 valence electrons. The van der Waals surface area contributed by atoms with Crippen LogP contribution in [0.4, 0.5) is 0 Å². The summed E-state index contributed by atoms with van der Waals surface area (Å²) in [5, 5.41) is 16.9. The van der Waals surface area contributed by atoms with Gasteiger partial charge in [0, 0.05) is 0 Å². The molecule has 0 aliphatic rings. The minimum absolute atomic E-state index is 0.184. The fourth-order valence-electron chi connectivity index (χ4n) is 0.354. The highest BCUT2D eigenvalue weighted by Gasteiger charge is 1.90. The molecule has 0 amide bonds. The number of aliphatic hydroxyl groups excluding tert-OH is 2. The highest BCUT2D eigenvalue weighted by atomic mass is 16.3. The zero-order chi connectivity index (χ0) is 6.41. The second-order valence-electron chi connectivity index (χ2n) is 1.59. The van der Waals surface area contributed by atoms with Crippen molar-refractivity contribution in [2.75, 3.05) is 6.61 Å². The Hall–Kier alpha value is -0.340. The van der Waals surface area contributed by atoms with Crippen molar-refractivity contribution >= 4 is 0 Å². The summed E-state index contributed by atoms with van der Waals surface area (Å²) in [4.78, 5) is 0. The van der Waals surface area contributed by atoms with Gasteiger partial charge in [-0.1, -0.05) is 19.1 Å². The van der Waals surface area contributed by atoms with E-state index in [4.69, 9.17) is 10.2 Å². The van der Waals surface area contributed by atoms with E-state index in [1.807, 2.05) is 13.0 Å². The number of allylic oxidation sites excluding steroid dienone is 1. The molecule has 0 aliphatic heterocycles. The van der Waals surface area contributed by atoms with Gasteiger partial charge in [-0.3, -0.25) is 0 Å². The van der Waals surface area contributed by atoms with Gasteiger partial charge in [0.2, 0.25) is 0 Å². The number of hydrogen-bond acceptors (Lipinski definition) is 2. The first-order chi connectivity index (χ1) is 3.81. The smallest absolute Gasteiger partial charge is 0.0951 e. The number of aliphatic hydroxyl groups is 2. The van der Waals surface area contributed by atoms with Crippen molar-refractivity contribution < 1.29 is 10.2 Å². The molecule has 8 heavy (non-hydrogen) atoms. The van der Waals surface area contributed by atoms with Crippen molar-refractivity contribution in [3.63, 3.8) is 0 Å². The van der Waals surface area contributed by atoms with Crippen molar-refractivity contribution in [1.82, 2.24) is 0 Å². The minimum Gasteiger partial charge on any atom is -0.393 e. The normalized spacial score (nSPS) is 14.9. The predicted molar refractivity (Wildman–Crippen MR) is 32.5 cm³/mol. The van der Waals surface area contributed by atoms with Crippen molar-refractivity contribution in [3.8, 4) is 0 Å². The van der Waals surface area contributed by atoms with E-state index in [1.54, 1.807) is 6.08 Å². The molecule has 2 nitrogen and oxygen atoms in total. The third-order valence-electron chi connectivity index (χ3n) is 0.781. The molecule has 1 atom stereocenters. The molecule has 0 aromatic carbocycles. The summed E-state index contributed by atoms with van der Waals surface area (Å²) in [5.41, 5.74) is 0. The second-order valence-corrected chi connectivity index (χ2v) is 1.59. The molecule has 0 saturated carbocycles. The predicted octanol–water partition coefficient (Wildman–Crippen LogP) is 0.306. The standard InChI is InChI=1S/C6H12O2/c1-2-3-4-6(8)5-7/h3-4,6-8H,2,5H2,1H3/b4-3+/t6-/m0/s1. The van der Waals surface area contributed by atoms with Crippen molar-refractivity contribution in [2.45, 2.75) is 19.4 Å². The molecule has 0 bridgehead atoms. The van der Waals surface area contributed by atoms with Crippen LogP contribution in [0, 0.1) is 0 Å². The SMILES string of the molecule is CC/C=C/[C@H](O)CO. The van der Waals surface area contributed by atoms with E-state index in [0.717, 1.165) is 6.42 Å². The lowest BCUT2D eigenvalue weighted by atomic mass is 10.3. The maximum Gasteiger partial charge on any atom is 0.0951 e. The topological polar surface area (TPSA) is 40.5 Å². The molecular formula is C6H12O2. The summed E-state index contributed by atoms with van der Waals surface area (Å²) in [6.07, 6.45) is 3.63. The van der Waals surface area contributed by atoms with E-state index in [-0.39, 0.29) is 6.61 Å². The van der Waals surface area contributed by atoms with Gasteiger partial charge >= 0.3 is 0 Å². The van der Waals surface area contributed by atoms with E-state index in [0.29, 0.717) is 0 Å². The van der Waals surface area contributed by atoms with E-state index in [9.17, 15) is 0 Å². The molecule has 0 unspecified atom stereocenters. The molecule has 0 radical (unpaired) electrons. The van der Waals surface area contributed by atoms with Gasteiger partial charge in [-0.15, -0.1) is 0 Å². The molecule has 0 saturated heterocycles. The Balaban J connectivity index is 3.21. The molecule has 0 aromatic rings. The van der Waals surface area contributed by atoms with Crippen LogP contribution < -0.4 is 0 Å². The van der Waals surface area contributed by atoms with Gasteiger partial charge in [-0.2, -0.15) is 0 Å². The quantitative estimate of drug-likeness (QED) is 0.521. The Labute approximate surface area is 49.5 Å². The van der Waals surface area contributed by atoms with Crippen LogP contribution in [0.15, 0.2) is 12.2 Å². The molecule has 0 spiro atoms. The largest absolute Gasteiger partial charge is 0.393 e. The second kappa shape index (κ2) is 4.81. The Morgan fingerprint density at radius 1 is 1.62 bits per heavy atom. The van der Waals surface area contributed by atoms with Gasteiger partial charge in [0.05, 0.1) is 12.7 Å². The summed E-state index contributed by atoms with van der Waals surface area (Å²) in [6, 6.07) is 0. The van der Waals surface area contributed by atoms with E-state index in [1.165, 1.54) is 0 Å². The van der Waals surface area contributed by atoms with Crippen molar-refractivity contribution in [1.29, 1.82) is 0 Å². The van der Waals surface area contributed by atoms with E-state index < -0.39 is 6.10 Å². The summed E-state index contributed by atoms with van der Waals surface area (Å²) < 4.78 is 0. The highest BCUT2D eigenvalue weighted by Crippen LogP contribution is 1.85. The molecule has 0 fully saturated rings. The van der Waals surface area contributed by atoms with Crippen LogP contribution in [0.1, 0.15) is 13.3 Å². The molecule has 2 N–H and O–H groups in total. The first-order valence-corrected chi connectivity index (χ1v) is 2.76. The molecular weight excluding hydrogens is 104 g/mol. The van der Waals surface area contributed by atoms with Crippen LogP contribution in [0.3, 0.4) is 0 Å². The third kappa shape index (κ3) is 3.84. The third-order valence-corrected chi connectivity index (χ3v) is 0.781. The summed E-state index contributed by atoms with van der Waals surface area (Å²) in [7, 11) is 0. The highest BCUT2D eigenvalue weighted by molar-refractivity contribution is 4.86. The number of hydrogen-bond donors (Lipinski definition) is 2. The maximum atomic E-state index is 8.65. The zero-order valence-electron chi connectivity index (χ0n) is 5.04. The Morgan fingerprint density at radius 3 is 2.62 bits per heavy atom. The molecule has 0 rings (SSSR count). The zero-order valence-corrected chi connectivity index (χ0v) is 5.04. The van der Waals surface area contributed by atoms with Crippen LogP contribution in [0.2, 0.25) is 0 Å². The first-order valence-electron chi connectivity index (χ1n) is 2.76. The lowest BCUT2D eigenvalue weighted by molar-refractivity contribution is 0.131. The fraction of sp³-hybridized carbons (Fsp3) is 0.667. The van der Waals surface area contributed by atoms with Crippen LogP contribution in [-0.2, 0) is 0 Å². The lowest BCUT2D eigenvalue weighted by Gasteiger charge is -1.95. The van der Waals surface area contributed by atoms with Crippen LogP contribution in [-0.4, -0.2) is 22.9 Å². The molecule has 0 aliphatic carbocycles. The minimum atomic E-state index is -0.671. The van der Waals surface area contributed by atoms with E-state index >= 15 is 0 Å². The van der Waals surface area contributed by atoms with Gasteiger partial charge < -0.3 is 10.2 Å². The summed E-state index contributed by atoms with van der Waals surface area (Å²) >= 11 is 0. The molecule has 0 heterocycles. The Bertz CT molecular complexity index is 68.9. The van der Waals surface area contributed by atoms with Gasteiger partial charge in [-0.25, -0.2) is 0 Å². The Morgan fingerprint density at radius 2 is 2.25 bits per heavy atom. The van der Waals surface area contributed by atoms with Gasteiger partial charge in [-0.05, 0) is 6.42 Å². The lowest BCUT2D eigenvalue weighted by Crippen LogP contribution is -2.06. The first kappa shape index (κ1) is 7.66. The van der Waals surface area contributed by atoms with Gasteiger partial charge in [0.25, 0.3) is 0 Å². The summed E-state index contributed by atoms with van der Waals surface area (Å²) in [5.74, 6) is 0. The van der Waals surface area contributed by atoms with Crippen LogP contribution >= 0.6 is 0 Å². The maximum absolute atomic E-state index is 8.65. The van der Waals surface area contributed by atoms with Crippen LogP contribution in [0.5, 0.6) is 0 Å². The number of rotatable bonds is 3. The summed E-state index contributed by atoms with van der Waals surface area (Å²) in [6.45, 7) is 1.79. The van der Waals surface area contributed by atoms with Gasteiger partial charge in [0.1, 0.15) is 0 Å². The Kier molecular flexibility index (Phi) is 4.61. The fourth-order valence-corrected chi connectivity index (χ4v) is 0.354. The average molecular weight is 116 g/mol. The van der Waals surface area contributed by atoms with Crippen molar-refractivity contribution in [2.24, 2.45) is 0 Å². The van der Waals surface area contributed by atoms with Gasteiger partial charge in [0.15, 0.2) is 0 Å². The van der Waals surface area contributed by atoms with E-state index in [2.05, 4.69) is 0 Å². The molecule has 0 aromatic heterocycles. The average Bonchev–Trinajstić information content (AvgIpc) is 1.83. The van der Waals surface area contributed by atoms with Crippen molar-refractivity contribution in [3.05, 3.63) is 12.2 Å².